The number of rotatable bonds is 4. The Balaban J connectivity index is 2.02. The lowest BCUT2D eigenvalue weighted by molar-refractivity contribution is 0.191. The summed E-state index contributed by atoms with van der Waals surface area (Å²) in [4.78, 5) is 0. The summed E-state index contributed by atoms with van der Waals surface area (Å²) in [6.07, 6.45) is 1.15. The Labute approximate surface area is 117 Å². The molecule has 0 spiro atoms. The molecule has 2 aliphatic rings. The summed E-state index contributed by atoms with van der Waals surface area (Å²) < 4.78 is 49.9. The van der Waals surface area contributed by atoms with E-state index in [1.165, 1.54) is 29.6 Å². The number of anilines is 1. The van der Waals surface area contributed by atoms with Crippen LogP contribution in [0.2, 0.25) is 0 Å². The maximum Gasteiger partial charge on any atom is 0.243 e. The molecule has 0 saturated heterocycles. The molecule has 3 rings (SSSR count). The van der Waals surface area contributed by atoms with Gasteiger partial charge >= 0.3 is 0 Å². The lowest BCUT2D eigenvalue weighted by Gasteiger charge is -2.33. The van der Waals surface area contributed by atoms with Gasteiger partial charge in [0.15, 0.2) is 0 Å². The number of hydrogen-bond donors (Lipinski definition) is 0. The Kier molecular flexibility index (Phi) is 3.13. The summed E-state index contributed by atoms with van der Waals surface area (Å²) >= 11 is 0. The number of sulfonamides is 1. The van der Waals surface area contributed by atoms with Gasteiger partial charge in [0.25, 0.3) is 0 Å². The third-order valence-corrected chi connectivity index (χ3v) is 6.37. The number of methoxy groups -OCH3 is 1. The second kappa shape index (κ2) is 4.60. The molecule has 1 aliphatic heterocycles. The molecule has 1 heterocycles. The minimum absolute atomic E-state index is 0.164. The second-order valence-corrected chi connectivity index (χ2v) is 7.41. The van der Waals surface area contributed by atoms with Gasteiger partial charge in [0.1, 0.15) is 22.9 Å². The van der Waals surface area contributed by atoms with Crippen LogP contribution in [-0.4, -0.2) is 40.0 Å². The van der Waals surface area contributed by atoms with Gasteiger partial charge in [0.2, 0.25) is 10.0 Å². The van der Waals surface area contributed by atoms with Gasteiger partial charge in [0, 0.05) is 13.2 Å². The first-order chi connectivity index (χ1) is 9.50. The Morgan fingerprint density at radius 2 is 2.20 bits per heavy atom. The average molecular weight is 301 g/mol. The predicted octanol–water partition coefficient (Wildman–Crippen LogP) is 1.53. The van der Waals surface area contributed by atoms with E-state index in [1.807, 2.05) is 0 Å². The normalized spacial score (nSPS) is 20.2. The van der Waals surface area contributed by atoms with Crippen LogP contribution in [0.3, 0.4) is 0 Å². The quantitative estimate of drug-likeness (QED) is 0.846. The first-order valence-electron chi connectivity index (χ1n) is 6.44. The molecule has 0 aromatic heterocycles. The SMILES string of the molecule is COCC1(S(=O)(=O)N2CCOc3ccc(F)cc32)CC1. The van der Waals surface area contributed by atoms with Crippen molar-refractivity contribution in [2.24, 2.45) is 0 Å². The summed E-state index contributed by atoms with van der Waals surface area (Å²) in [5, 5.41) is 0. The van der Waals surface area contributed by atoms with Crippen LogP contribution >= 0.6 is 0 Å². The van der Waals surface area contributed by atoms with E-state index in [0.29, 0.717) is 18.6 Å². The molecule has 0 unspecified atom stereocenters. The molecule has 0 bridgehead atoms. The monoisotopic (exact) mass is 301 g/mol. The highest BCUT2D eigenvalue weighted by Crippen LogP contribution is 2.48. The lowest BCUT2D eigenvalue weighted by Crippen LogP contribution is -2.46. The minimum Gasteiger partial charge on any atom is -0.489 e. The number of ether oxygens (including phenoxy) is 2. The molecule has 1 fully saturated rings. The number of benzene rings is 1. The van der Waals surface area contributed by atoms with Crippen LogP contribution in [0, 0.1) is 5.82 Å². The fraction of sp³-hybridized carbons (Fsp3) is 0.538. The number of nitrogens with zero attached hydrogens (tertiary/aromatic N) is 1. The Morgan fingerprint density at radius 3 is 2.85 bits per heavy atom. The Morgan fingerprint density at radius 1 is 1.45 bits per heavy atom. The fourth-order valence-electron chi connectivity index (χ4n) is 2.53. The standard InChI is InChI=1S/C13H16FNO4S/c1-18-9-13(4-5-13)20(16,17)15-6-7-19-12-3-2-10(14)8-11(12)15/h2-3,8H,4-7,9H2,1H3. The number of halogens is 1. The maximum atomic E-state index is 13.4. The Hall–Kier alpha value is -1.34. The average Bonchev–Trinajstić information content (AvgIpc) is 3.19. The number of hydrogen-bond acceptors (Lipinski definition) is 4. The summed E-state index contributed by atoms with van der Waals surface area (Å²) in [6, 6.07) is 3.92. The first-order valence-corrected chi connectivity index (χ1v) is 7.88. The van der Waals surface area contributed by atoms with E-state index in [9.17, 15) is 12.8 Å². The topological polar surface area (TPSA) is 55.8 Å². The van der Waals surface area contributed by atoms with Gasteiger partial charge in [0.05, 0.1) is 18.8 Å². The highest BCUT2D eigenvalue weighted by Gasteiger charge is 2.57. The van der Waals surface area contributed by atoms with Crippen LogP contribution in [0.4, 0.5) is 10.1 Å². The van der Waals surface area contributed by atoms with E-state index in [0.717, 1.165) is 0 Å². The third-order valence-electron chi connectivity index (χ3n) is 3.79. The third kappa shape index (κ3) is 1.96. The fourth-order valence-corrected chi connectivity index (χ4v) is 4.60. The van der Waals surface area contributed by atoms with Crippen LogP contribution < -0.4 is 9.04 Å². The highest BCUT2D eigenvalue weighted by molar-refractivity contribution is 7.94. The van der Waals surface area contributed by atoms with Crippen molar-refractivity contribution in [2.75, 3.05) is 31.2 Å². The van der Waals surface area contributed by atoms with E-state index in [2.05, 4.69) is 0 Å². The summed E-state index contributed by atoms with van der Waals surface area (Å²) in [5.41, 5.74) is 0.277. The minimum atomic E-state index is -3.58. The van der Waals surface area contributed by atoms with Gasteiger partial charge in [-0.3, -0.25) is 4.31 Å². The van der Waals surface area contributed by atoms with Crippen LogP contribution in [0.25, 0.3) is 0 Å². The summed E-state index contributed by atoms with van der Waals surface area (Å²) in [5.74, 6) is -0.0829. The lowest BCUT2D eigenvalue weighted by atomic mass is 10.2. The van der Waals surface area contributed by atoms with E-state index in [4.69, 9.17) is 9.47 Å². The van der Waals surface area contributed by atoms with E-state index >= 15 is 0 Å². The predicted molar refractivity (Wildman–Crippen MR) is 72.0 cm³/mol. The molecule has 7 heteroatoms. The van der Waals surface area contributed by atoms with E-state index < -0.39 is 20.6 Å². The Bertz CT molecular complexity index is 627. The van der Waals surface area contributed by atoms with Crippen LogP contribution in [0.5, 0.6) is 5.75 Å². The van der Waals surface area contributed by atoms with Crippen molar-refractivity contribution in [3.63, 3.8) is 0 Å². The van der Waals surface area contributed by atoms with Crippen molar-refractivity contribution < 1.29 is 22.3 Å². The molecule has 110 valence electrons. The second-order valence-electron chi connectivity index (χ2n) is 5.15. The van der Waals surface area contributed by atoms with Gasteiger partial charge in [-0.25, -0.2) is 12.8 Å². The molecular weight excluding hydrogens is 285 g/mol. The molecule has 0 N–H and O–H groups in total. The zero-order valence-electron chi connectivity index (χ0n) is 11.1. The molecule has 20 heavy (non-hydrogen) atoms. The van der Waals surface area contributed by atoms with Gasteiger partial charge in [-0.2, -0.15) is 0 Å². The maximum absolute atomic E-state index is 13.4. The van der Waals surface area contributed by atoms with Crippen molar-refractivity contribution in [1.82, 2.24) is 0 Å². The summed E-state index contributed by atoms with van der Waals surface area (Å²) in [6.45, 7) is 0.627. The molecule has 5 nitrogen and oxygen atoms in total. The van der Waals surface area contributed by atoms with Gasteiger partial charge < -0.3 is 9.47 Å². The smallest absolute Gasteiger partial charge is 0.243 e. The van der Waals surface area contributed by atoms with Crippen molar-refractivity contribution in [3.05, 3.63) is 24.0 Å². The van der Waals surface area contributed by atoms with Crippen LogP contribution in [-0.2, 0) is 14.8 Å². The zero-order chi connectivity index (χ0) is 14.4. The largest absolute Gasteiger partial charge is 0.489 e. The molecule has 1 saturated carbocycles. The van der Waals surface area contributed by atoms with Gasteiger partial charge in [-0.05, 0) is 25.0 Å². The number of fused-ring (bicyclic) bond motifs is 1. The summed E-state index contributed by atoms with van der Waals surface area (Å²) in [7, 11) is -2.09. The highest BCUT2D eigenvalue weighted by atomic mass is 32.2. The molecule has 0 amide bonds. The zero-order valence-corrected chi connectivity index (χ0v) is 12.0. The van der Waals surface area contributed by atoms with Crippen LogP contribution in [0.1, 0.15) is 12.8 Å². The van der Waals surface area contributed by atoms with Gasteiger partial charge in [-0.15, -0.1) is 0 Å². The van der Waals surface area contributed by atoms with Crippen molar-refractivity contribution in [2.45, 2.75) is 17.6 Å². The van der Waals surface area contributed by atoms with E-state index in [1.54, 1.807) is 0 Å². The molecular formula is C13H16FNO4S. The van der Waals surface area contributed by atoms with Crippen molar-refractivity contribution in [1.29, 1.82) is 0 Å². The molecule has 1 aliphatic carbocycles. The molecule has 1 aromatic rings. The molecule has 0 radical (unpaired) electrons. The molecule has 1 aromatic carbocycles. The first kappa shape index (κ1) is 13.6. The van der Waals surface area contributed by atoms with Crippen molar-refractivity contribution >= 4 is 15.7 Å². The van der Waals surface area contributed by atoms with E-state index in [-0.39, 0.29) is 25.4 Å². The van der Waals surface area contributed by atoms with Crippen molar-refractivity contribution in [3.8, 4) is 5.75 Å². The molecule has 0 atom stereocenters. The van der Waals surface area contributed by atoms with Crippen LogP contribution in [0.15, 0.2) is 18.2 Å². The van der Waals surface area contributed by atoms with Gasteiger partial charge in [-0.1, -0.05) is 0 Å².